The van der Waals surface area contributed by atoms with Crippen LogP contribution in [0, 0.1) is 11.6 Å². The normalized spacial score (nSPS) is 21.1. The molecule has 1 aliphatic carbocycles. The standard InChI is InChI=1S/C10H10F2/c1-6-2-3-7-4-8(11)5-9(12)10(6)7/h4-6H,2-3H2,1H3. The van der Waals surface area contributed by atoms with E-state index in [1.54, 1.807) is 0 Å². The molecule has 64 valence electrons. The van der Waals surface area contributed by atoms with Crippen molar-refractivity contribution in [3.63, 3.8) is 0 Å². The van der Waals surface area contributed by atoms with Gasteiger partial charge < -0.3 is 0 Å². The molecule has 1 atom stereocenters. The average molecular weight is 168 g/mol. The van der Waals surface area contributed by atoms with Gasteiger partial charge in [-0.05, 0) is 36.0 Å². The molecule has 0 aromatic heterocycles. The van der Waals surface area contributed by atoms with E-state index in [4.69, 9.17) is 0 Å². The average Bonchev–Trinajstić information content (AvgIpc) is 2.31. The Balaban J connectivity index is 2.60. The third kappa shape index (κ3) is 1.02. The maximum absolute atomic E-state index is 13.2. The predicted molar refractivity (Wildman–Crippen MR) is 43.1 cm³/mol. The van der Waals surface area contributed by atoms with Gasteiger partial charge in [-0.2, -0.15) is 0 Å². The van der Waals surface area contributed by atoms with Crippen molar-refractivity contribution in [2.45, 2.75) is 25.7 Å². The van der Waals surface area contributed by atoms with Gasteiger partial charge in [-0.25, -0.2) is 8.78 Å². The Morgan fingerprint density at radius 1 is 1.33 bits per heavy atom. The molecule has 0 bridgehead atoms. The van der Waals surface area contributed by atoms with Gasteiger partial charge in [-0.1, -0.05) is 6.92 Å². The summed E-state index contributed by atoms with van der Waals surface area (Å²) in [5.74, 6) is -0.587. The van der Waals surface area contributed by atoms with Crippen LogP contribution in [0.3, 0.4) is 0 Å². The van der Waals surface area contributed by atoms with Gasteiger partial charge in [0.1, 0.15) is 11.6 Å². The summed E-state index contributed by atoms with van der Waals surface area (Å²) in [5, 5.41) is 0. The molecule has 1 aliphatic rings. The molecular formula is C10H10F2. The highest BCUT2D eigenvalue weighted by Gasteiger charge is 2.22. The van der Waals surface area contributed by atoms with E-state index < -0.39 is 5.82 Å². The summed E-state index contributed by atoms with van der Waals surface area (Å²) in [6.07, 6.45) is 1.75. The van der Waals surface area contributed by atoms with Crippen molar-refractivity contribution in [1.29, 1.82) is 0 Å². The lowest BCUT2D eigenvalue weighted by Gasteiger charge is -2.05. The van der Waals surface area contributed by atoms with Gasteiger partial charge in [0.2, 0.25) is 0 Å². The molecule has 12 heavy (non-hydrogen) atoms. The van der Waals surface area contributed by atoms with E-state index in [1.807, 2.05) is 6.92 Å². The summed E-state index contributed by atoms with van der Waals surface area (Å²) in [6, 6.07) is 2.42. The van der Waals surface area contributed by atoms with Crippen LogP contribution in [-0.4, -0.2) is 0 Å². The minimum Gasteiger partial charge on any atom is -0.207 e. The van der Waals surface area contributed by atoms with Crippen molar-refractivity contribution < 1.29 is 8.78 Å². The Morgan fingerprint density at radius 3 is 2.83 bits per heavy atom. The minimum atomic E-state index is -0.458. The zero-order chi connectivity index (χ0) is 8.72. The molecule has 0 saturated heterocycles. The molecule has 0 spiro atoms. The molecule has 0 amide bonds. The summed E-state index contributed by atoms with van der Waals surface area (Å²) in [5.41, 5.74) is 1.57. The lowest BCUT2D eigenvalue weighted by molar-refractivity contribution is 0.566. The highest BCUT2D eigenvalue weighted by atomic mass is 19.1. The molecule has 1 aromatic carbocycles. The van der Waals surface area contributed by atoms with Gasteiger partial charge >= 0.3 is 0 Å². The second kappa shape index (κ2) is 2.54. The van der Waals surface area contributed by atoms with Crippen LogP contribution < -0.4 is 0 Å². The molecule has 0 saturated carbocycles. The molecule has 0 heterocycles. The molecule has 0 fully saturated rings. The third-order valence-corrected chi connectivity index (χ3v) is 2.52. The van der Waals surface area contributed by atoms with Crippen molar-refractivity contribution in [3.05, 3.63) is 34.9 Å². The number of fused-ring (bicyclic) bond motifs is 1. The quantitative estimate of drug-likeness (QED) is 0.558. The van der Waals surface area contributed by atoms with E-state index in [1.165, 1.54) is 6.07 Å². The number of hydrogen-bond acceptors (Lipinski definition) is 0. The smallest absolute Gasteiger partial charge is 0.129 e. The van der Waals surface area contributed by atoms with Crippen molar-refractivity contribution >= 4 is 0 Å². The molecule has 2 heteroatoms. The largest absolute Gasteiger partial charge is 0.207 e. The molecule has 0 nitrogen and oxygen atoms in total. The highest BCUT2D eigenvalue weighted by Crippen LogP contribution is 2.34. The van der Waals surface area contributed by atoms with E-state index in [-0.39, 0.29) is 11.7 Å². The van der Waals surface area contributed by atoms with Crippen LogP contribution in [-0.2, 0) is 6.42 Å². The lowest BCUT2D eigenvalue weighted by Crippen LogP contribution is -1.93. The van der Waals surface area contributed by atoms with Gasteiger partial charge in [-0.3, -0.25) is 0 Å². The second-order valence-electron chi connectivity index (χ2n) is 3.40. The maximum atomic E-state index is 13.2. The Bertz CT molecular complexity index is 318. The maximum Gasteiger partial charge on any atom is 0.129 e. The van der Waals surface area contributed by atoms with Crippen LogP contribution in [0.4, 0.5) is 8.78 Å². The van der Waals surface area contributed by atoms with Crippen molar-refractivity contribution in [3.8, 4) is 0 Å². The zero-order valence-electron chi connectivity index (χ0n) is 6.90. The number of hydrogen-bond donors (Lipinski definition) is 0. The van der Waals surface area contributed by atoms with Crippen LogP contribution in [0.15, 0.2) is 12.1 Å². The summed E-state index contributed by atoms with van der Waals surface area (Å²) >= 11 is 0. The number of rotatable bonds is 0. The van der Waals surface area contributed by atoms with E-state index in [2.05, 4.69) is 0 Å². The second-order valence-corrected chi connectivity index (χ2v) is 3.40. The molecular weight excluding hydrogens is 158 g/mol. The summed E-state index contributed by atoms with van der Waals surface area (Å²) in [4.78, 5) is 0. The van der Waals surface area contributed by atoms with Crippen LogP contribution in [0.25, 0.3) is 0 Å². The Hall–Kier alpha value is -0.920. The van der Waals surface area contributed by atoms with Gasteiger partial charge in [0.15, 0.2) is 0 Å². The van der Waals surface area contributed by atoms with Crippen molar-refractivity contribution in [2.24, 2.45) is 0 Å². The molecule has 1 aromatic rings. The van der Waals surface area contributed by atoms with Crippen molar-refractivity contribution in [2.75, 3.05) is 0 Å². The van der Waals surface area contributed by atoms with E-state index >= 15 is 0 Å². The first-order chi connectivity index (χ1) is 5.68. The monoisotopic (exact) mass is 168 g/mol. The van der Waals surface area contributed by atoms with Crippen molar-refractivity contribution in [1.82, 2.24) is 0 Å². The number of aryl methyl sites for hydroxylation is 1. The summed E-state index contributed by atoms with van der Waals surface area (Å²) in [7, 11) is 0. The zero-order valence-corrected chi connectivity index (χ0v) is 6.90. The predicted octanol–water partition coefficient (Wildman–Crippen LogP) is 3.01. The van der Waals surface area contributed by atoms with Crippen LogP contribution in [0.5, 0.6) is 0 Å². The van der Waals surface area contributed by atoms with Gasteiger partial charge in [-0.15, -0.1) is 0 Å². The van der Waals surface area contributed by atoms with Gasteiger partial charge in [0.25, 0.3) is 0 Å². The fraction of sp³-hybridized carbons (Fsp3) is 0.400. The SMILES string of the molecule is CC1CCc2cc(F)cc(F)c21. The first-order valence-electron chi connectivity index (χ1n) is 4.16. The van der Waals surface area contributed by atoms with E-state index in [0.717, 1.165) is 30.0 Å². The van der Waals surface area contributed by atoms with Crippen LogP contribution in [0.1, 0.15) is 30.4 Å². The highest BCUT2D eigenvalue weighted by molar-refractivity contribution is 5.36. The summed E-state index contributed by atoms with van der Waals surface area (Å²) in [6.45, 7) is 1.98. The molecule has 1 unspecified atom stereocenters. The Labute approximate surface area is 70.2 Å². The Kier molecular flexibility index (Phi) is 1.63. The summed E-state index contributed by atoms with van der Waals surface area (Å²) < 4.78 is 25.9. The molecule has 0 N–H and O–H groups in total. The van der Waals surface area contributed by atoms with Gasteiger partial charge in [0, 0.05) is 6.07 Å². The van der Waals surface area contributed by atoms with E-state index in [9.17, 15) is 8.78 Å². The van der Waals surface area contributed by atoms with Crippen LogP contribution >= 0.6 is 0 Å². The Morgan fingerprint density at radius 2 is 2.08 bits per heavy atom. The third-order valence-electron chi connectivity index (χ3n) is 2.52. The van der Waals surface area contributed by atoms with Gasteiger partial charge in [0.05, 0.1) is 0 Å². The first kappa shape index (κ1) is 7.71. The molecule has 0 radical (unpaired) electrons. The topological polar surface area (TPSA) is 0 Å². The number of benzene rings is 1. The molecule has 2 rings (SSSR count). The molecule has 0 aliphatic heterocycles. The fourth-order valence-electron chi connectivity index (χ4n) is 1.91. The minimum absolute atomic E-state index is 0.251. The number of halogens is 2. The fourth-order valence-corrected chi connectivity index (χ4v) is 1.91. The first-order valence-corrected chi connectivity index (χ1v) is 4.16. The lowest BCUT2D eigenvalue weighted by atomic mass is 10.0. The van der Waals surface area contributed by atoms with E-state index in [0.29, 0.717) is 0 Å². The van der Waals surface area contributed by atoms with Crippen LogP contribution in [0.2, 0.25) is 0 Å².